The molecule has 4 heteroatoms. The van der Waals surface area contributed by atoms with E-state index in [4.69, 9.17) is 5.73 Å². The van der Waals surface area contributed by atoms with Crippen molar-refractivity contribution in [3.8, 4) is 0 Å². The Kier molecular flexibility index (Phi) is 4.35. The van der Waals surface area contributed by atoms with Gasteiger partial charge >= 0.3 is 0 Å². The average Bonchev–Trinajstić information content (AvgIpc) is 2.04. The molecular weight excluding hydrogens is 296 g/mol. The zero-order chi connectivity index (χ0) is 9.84. The fourth-order valence-corrected chi connectivity index (χ4v) is 2.33. The van der Waals surface area contributed by atoms with Crippen LogP contribution in [0.4, 0.5) is 0 Å². The molecule has 0 spiro atoms. The highest BCUT2D eigenvalue weighted by Crippen LogP contribution is 2.24. The summed E-state index contributed by atoms with van der Waals surface area (Å²) >= 11 is 6.70. The van der Waals surface area contributed by atoms with E-state index in [1.165, 1.54) is 0 Å². The second-order valence-electron chi connectivity index (χ2n) is 2.91. The summed E-state index contributed by atoms with van der Waals surface area (Å²) in [6.07, 6.45) is 2.07. The second kappa shape index (κ2) is 5.08. The van der Waals surface area contributed by atoms with Crippen LogP contribution in [0.15, 0.2) is 21.3 Å². The van der Waals surface area contributed by atoms with Gasteiger partial charge in [0.15, 0.2) is 0 Å². The molecule has 1 heterocycles. The van der Waals surface area contributed by atoms with Crippen LogP contribution in [0.25, 0.3) is 0 Å². The normalized spacial score (nSPS) is 12.9. The molecule has 0 radical (unpaired) electrons. The van der Waals surface area contributed by atoms with Gasteiger partial charge in [-0.15, -0.1) is 0 Å². The third-order valence-corrected chi connectivity index (χ3v) is 2.92. The molecule has 1 rings (SSSR count). The number of nitrogens with zero attached hydrogens (tertiary/aromatic N) is 1. The lowest BCUT2D eigenvalue weighted by atomic mass is 10.1. The van der Waals surface area contributed by atoms with Gasteiger partial charge in [0.2, 0.25) is 0 Å². The Morgan fingerprint density at radius 3 is 2.69 bits per heavy atom. The fourth-order valence-electron chi connectivity index (χ4n) is 1.17. The predicted molar refractivity (Wildman–Crippen MR) is 61.5 cm³/mol. The van der Waals surface area contributed by atoms with Crippen molar-refractivity contribution in [2.45, 2.75) is 25.8 Å². The van der Waals surface area contributed by atoms with Crippen LogP contribution in [-0.4, -0.2) is 4.98 Å². The molecule has 72 valence electrons. The molecular formula is C9H12Br2N2. The van der Waals surface area contributed by atoms with Crippen LogP contribution < -0.4 is 5.73 Å². The first-order valence-electron chi connectivity index (χ1n) is 4.22. The number of pyridine rings is 1. The van der Waals surface area contributed by atoms with E-state index < -0.39 is 0 Å². The van der Waals surface area contributed by atoms with E-state index in [-0.39, 0.29) is 6.04 Å². The highest BCUT2D eigenvalue weighted by molar-refractivity contribution is 9.11. The Hall–Kier alpha value is 0.0700. The van der Waals surface area contributed by atoms with Crippen LogP contribution in [0.2, 0.25) is 0 Å². The topological polar surface area (TPSA) is 38.9 Å². The first kappa shape index (κ1) is 11.1. The smallest absolute Gasteiger partial charge is 0.112 e. The molecule has 1 atom stereocenters. The Labute approximate surface area is 95.2 Å². The lowest BCUT2D eigenvalue weighted by Gasteiger charge is -2.11. The maximum absolute atomic E-state index is 5.97. The molecule has 2 N–H and O–H groups in total. The summed E-state index contributed by atoms with van der Waals surface area (Å²) in [5.41, 5.74) is 7.05. The Morgan fingerprint density at radius 1 is 1.46 bits per heavy atom. The minimum atomic E-state index is 0.0833. The molecule has 2 nitrogen and oxygen atoms in total. The van der Waals surface area contributed by atoms with E-state index in [1.54, 1.807) is 0 Å². The van der Waals surface area contributed by atoms with Crippen LogP contribution in [0.3, 0.4) is 0 Å². The van der Waals surface area contributed by atoms with E-state index in [9.17, 15) is 0 Å². The predicted octanol–water partition coefficient (Wildman–Crippen LogP) is 3.41. The standard InChI is InChI=1S/C9H12Br2N2/c1-2-3-7(12)6-4-5-8(10)13-9(6)11/h4-5,7H,2-3,12H2,1H3/t7-/m1/s1. The van der Waals surface area contributed by atoms with Crippen molar-refractivity contribution in [2.75, 3.05) is 0 Å². The maximum Gasteiger partial charge on any atom is 0.112 e. The van der Waals surface area contributed by atoms with E-state index in [1.807, 2.05) is 12.1 Å². The third-order valence-electron chi connectivity index (χ3n) is 1.84. The van der Waals surface area contributed by atoms with Gasteiger partial charge in [-0.05, 0) is 44.3 Å². The summed E-state index contributed by atoms with van der Waals surface area (Å²) in [5, 5.41) is 0. The number of rotatable bonds is 3. The summed E-state index contributed by atoms with van der Waals surface area (Å²) in [6, 6.07) is 4.00. The molecule has 0 aliphatic heterocycles. The number of nitrogens with two attached hydrogens (primary N) is 1. The summed E-state index contributed by atoms with van der Waals surface area (Å²) in [4.78, 5) is 4.23. The molecule has 0 saturated heterocycles. The molecule has 0 unspecified atom stereocenters. The zero-order valence-electron chi connectivity index (χ0n) is 7.43. The summed E-state index contributed by atoms with van der Waals surface area (Å²) in [6.45, 7) is 2.13. The molecule has 0 bridgehead atoms. The van der Waals surface area contributed by atoms with Crippen molar-refractivity contribution in [1.82, 2.24) is 4.98 Å². The van der Waals surface area contributed by atoms with E-state index >= 15 is 0 Å². The van der Waals surface area contributed by atoms with Crippen molar-refractivity contribution < 1.29 is 0 Å². The average molecular weight is 308 g/mol. The summed E-state index contributed by atoms with van der Waals surface area (Å²) in [5.74, 6) is 0. The van der Waals surface area contributed by atoms with Gasteiger partial charge in [-0.25, -0.2) is 4.98 Å². The Bertz CT molecular complexity index is 289. The van der Waals surface area contributed by atoms with Gasteiger partial charge in [-0.2, -0.15) is 0 Å². The van der Waals surface area contributed by atoms with Crippen LogP contribution in [0, 0.1) is 0 Å². The minimum Gasteiger partial charge on any atom is -0.324 e. The minimum absolute atomic E-state index is 0.0833. The van der Waals surface area contributed by atoms with Gasteiger partial charge in [0.05, 0.1) is 0 Å². The third kappa shape index (κ3) is 3.04. The quantitative estimate of drug-likeness (QED) is 0.869. The first-order chi connectivity index (χ1) is 6.15. The van der Waals surface area contributed by atoms with Gasteiger partial charge in [-0.3, -0.25) is 0 Å². The van der Waals surface area contributed by atoms with Crippen molar-refractivity contribution >= 4 is 31.9 Å². The van der Waals surface area contributed by atoms with Gasteiger partial charge in [0, 0.05) is 11.6 Å². The van der Waals surface area contributed by atoms with E-state index in [0.717, 1.165) is 27.6 Å². The Balaban J connectivity index is 2.88. The molecule has 0 aliphatic rings. The molecule has 0 aromatic carbocycles. The molecule has 1 aromatic rings. The Morgan fingerprint density at radius 2 is 2.15 bits per heavy atom. The zero-order valence-corrected chi connectivity index (χ0v) is 10.6. The molecule has 0 fully saturated rings. The molecule has 0 amide bonds. The maximum atomic E-state index is 5.97. The molecule has 0 aliphatic carbocycles. The fraction of sp³-hybridized carbons (Fsp3) is 0.444. The van der Waals surface area contributed by atoms with Gasteiger partial charge < -0.3 is 5.73 Å². The van der Waals surface area contributed by atoms with E-state index in [2.05, 4.69) is 43.8 Å². The van der Waals surface area contributed by atoms with Gasteiger partial charge in [-0.1, -0.05) is 19.4 Å². The van der Waals surface area contributed by atoms with Crippen LogP contribution in [0.1, 0.15) is 31.4 Å². The largest absolute Gasteiger partial charge is 0.324 e. The van der Waals surface area contributed by atoms with Crippen molar-refractivity contribution in [2.24, 2.45) is 5.73 Å². The van der Waals surface area contributed by atoms with Crippen molar-refractivity contribution in [3.63, 3.8) is 0 Å². The number of halogens is 2. The summed E-state index contributed by atoms with van der Waals surface area (Å²) in [7, 11) is 0. The lowest BCUT2D eigenvalue weighted by molar-refractivity contribution is 0.633. The van der Waals surface area contributed by atoms with Crippen molar-refractivity contribution in [1.29, 1.82) is 0 Å². The van der Waals surface area contributed by atoms with Crippen LogP contribution in [-0.2, 0) is 0 Å². The second-order valence-corrected chi connectivity index (χ2v) is 4.47. The first-order valence-corrected chi connectivity index (χ1v) is 5.81. The van der Waals surface area contributed by atoms with Crippen LogP contribution >= 0.6 is 31.9 Å². The SMILES string of the molecule is CCC[C@@H](N)c1ccc(Br)nc1Br. The highest BCUT2D eigenvalue weighted by atomic mass is 79.9. The summed E-state index contributed by atoms with van der Waals surface area (Å²) < 4.78 is 1.66. The van der Waals surface area contributed by atoms with Crippen molar-refractivity contribution in [3.05, 3.63) is 26.9 Å². The molecule has 1 aromatic heterocycles. The number of hydrogen-bond donors (Lipinski definition) is 1. The monoisotopic (exact) mass is 306 g/mol. The number of aromatic nitrogens is 1. The molecule has 0 saturated carbocycles. The lowest BCUT2D eigenvalue weighted by Crippen LogP contribution is -2.10. The van der Waals surface area contributed by atoms with Gasteiger partial charge in [0.1, 0.15) is 9.21 Å². The van der Waals surface area contributed by atoms with Crippen LogP contribution in [0.5, 0.6) is 0 Å². The van der Waals surface area contributed by atoms with E-state index in [0.29, 0.717) is 0 Å². The number of hydrogen-bond acceptors (Lipinski definition) is 2. The molecule has 13 heavy (non-hydrogen) atoms. The highest BCUT2D eigenvalue weighted by Gasteiger charge is 2.09. The van der Waals surface area contributed by atoms with Gasteiger partial charge in [0.25, 0.3) is 0 Å².